The molecular weight excluding hydrogens is 240 g/mol. The molecule has 1 aromatic carbocycles. The Morgan fingerprint density at radius 3 is 3.12 bits per heavy atom. The van der Waals surface area contributed by atoms with E-state index in [1.807, 2.05) is 11.0 Å². The van der Waals surface area contributed by atoms with E-state index >= 15 is 0 Å². The number of hydrogen-bond acceptors (Lipinski definition) is 3. The first-order valence-electron chi connectivity index (χ1n) is 5.62. The summed E-state index contributed by atoms with van der Waals surface area (Å²) in [6.07, 6.45) is 0. The topological polar surface area (TPSA) is 41.6 Å². The van der Waals surface area contributed by atoms with Crippen LogP contribution in [0.15, 0.2) is 12.1 Å². The number of benzene rings is 1. The summed E-state index contributed by atoms with van der Waals surface area (Å²) in [6, 6.07) is 3.85. The minimum atomic E-state index is 0.0332. The smallest absolute Gasteiger partial charge is 0.258 e. The van der Waals surface area contributed by atoms with Gasteiger partial charge in [-0.25, -0.2) is 0 Å². The number of ether oxygens (including phenoxy) is 1. The Kier molecular flexibility index (Phi) is 2.49. The summed E-state index contributed by atoms with van der Waals surface area (Å²) >= 11 is 6.06. The molecule has 0 spiro atoms. The van der Waals surface area contributed by atoms with Crippen LogP contribution in [0, 0.1) is 0 Å². The number of carbonyl (C=O) groups is 1. The molecule has 17 heavy (non-hydrogen) atoms. The monoisotopic (exact) mass is 252 g/mol. The molecule has 2 aliphatic rings. The number of methoxy groups -OCH3 is 1. The van der Waals surface area contributed by atoms with Gasteiger partial charge in [0.25, 0.3) is 5.91 Å². The van der Waals surface area contributed by atoms with Gasteiger partial charge in [0.05, 0.1) is 23.7 Å². The van der Waals surface area contributed by atoms with Crippen molar-refractivity contribution in [2.75, 3.05) is 26.7 Å². The van der Waals surface area contributed by atoms with Crippen LogP contribution in [-0.2, 0) is 0 Å². The molecule has 1 N–H and O–H groups in total. The van der Waals surface area contributed by atoms with Crippen LogP contribution >= 0.6 is 11.6 Å². The maximum atomic E-state index is 12.3. The van der Waals surface area contributed by atoms with Crippen LogP contribution in [0.3, 0.4) is 0 Å². The van der Waals surface area contributed by atoms with E-state index in [9.17, 15) is 4.79 Å². The van der Waals surface area contributed by atoms with E-state index in [-0.39, 0.29) is 11.9 Å². The van der Waals surface area contributed by atoms with Crippen LogP contribution in [0.1, 0.15) is 22.0 Å². The molecule has 1 aromatic rings. The molecule has 3 rings (SSSR count). The zero-order valence-corrected chi connectivity index (χ0v) is 10.3. The molecule has 0 unspecified atom stereocenters. The molecule has 1 amide bonds. The molecule has 4 nitrogen and oxygen atoms in total. The highest BCUT2D eigenvalue weighted by Crippen LogP contribution is 2.42. The fourth-order valence-electron chi connectivity index (χ4n) is 2.64. The van der Waals surface area contributed by atoms with Gasteiger partial charge in [-0.3, -0.25) is 4.79 Å². The Morgan fingerprint density at radius 1 is 1.53 bits per heavy atom. The van der Waals surface area contributed by atoms with Crippen molar-refractivity contribution in [1.82, 2.24) is 10.2 Å². The summed E-state index contributed by atoms with van der Waals surface area (Å²) in [7, 11) is 1.55. The van der Waals surface area contributed by atoms with Crippen LogP contribution in [0.2, 0.25) is 5.02 Å². The Labute approximate surface area is 104 Å². The molecule has 0 bridgehead atoms. The Hall–Kier alpha value is -1.26. The SMILES string of the molecule is COc1c(Cl)ccc2c1C(=O)N1CCNC[C@H]21. The number of nitrogens with one attached hydrogen (secondary N) is 1. The third kappa shape index (κ3) is 1.44. The second-order valence-corrected chi connectivity index (χ2v) is 4.67. The maximum Gasteiger partial charge on any atom is 0.258 e. The van der Waals surface area contributed by atoms with Crippen LogP contribution in [-0.4, -0.2) is 37.6 Å². The predicted molar refractivity (Wildman–Crippen MR) is 64.7 cm³/mol. The van der Waals surface area contributed by atoms with Gasteiger partial charge in [-0.1, -0.05) is 17.7 Å². The first-order chi connectivity index (χ1) is 8.24. The van der Waals surface area contributed by atoms with Crippen LogP contribution in [0.5, 0.6) is 5.75 Å². The predicted octanol–water partition coefficient (Wildman–Crippen LogP) is 1.45. The first kappa shape index (κ1) is 10.9. The molecule has 2 aliphatic heterocycles. The van der Waals surface area contributed by atoms with Crippen molar-refractivity contribution in [2.24, 2.45) is 0 Å². The minimum absolute atomic E-state index is 0.0332. The molecular formula is C12H13ClN2O2. The van der Waals surface area contributed by atoms with Crippen molar-refractivity contribution in [3.8, 4) is 5.75 Å². The first-order valence-corrected chi connectivity index (χ1v) is 6.00. The number of halogens is 1. The second kappa shape index (κ2) is 3.89. The molecule has 1 saturated heterocycles. The number of fused-ring (bicyclic) bond motifs is 3. The van der Waals surface area contributed by atoms with E-state index < -0.39 is 0 Å². The van der Waals surface area contributed by atoms with E-state index in [0.29, 0.717) is 16.3 Å². The van der Waals surface area contributed by atoms with Gasteiger partial charge in [0.1, 0.15) is 0 Å². The van der Waals surface area contributed by atoms with E-state index in [1.54, 1.807) is 13.2 Å². The lowest BCUT2D eigenvalue weighted by Gasteiger charge is -2.30. The highest BCUT2D eigenvalue weighted by atomic mass is 35.5. The zero-order valence-electron chi connectivity index (χ0n) is 9.50. The van der Waals surface area contributed by atoms with Crippen molar-refractivity contribution in [3.63, 3.8) is 0 Å². The molecule has 0 aromatic heterocycles. The molecule has 1 atom stereocenters. The van der Waals surface area contributed by atoms with E-state index in [2.05, 4.69) is 5.32 Å². The quantitative estimate of drug-likeness (QED) is 0.823. The Morgan fingerprint density at radius 2 is 2.35 bits per heavy atom. The minimum Gasteiger partial charge on any atom is -0.494 e. The zero-order chi connectivity index (χ0) is 12.0. The molecule has 0 aliphatic carbocycles. The summed E-state index contributed by atoms with van der Waals surface area (Å²) in [5.74, 6) is 0.536. The van der Waals surface area contributed by atoms with Crippen molar-refractivity contribution in [3.05, 3.63) is 28.3 Å². The van der Waals surface area contributed by atoms with Gasteiger partial charge in [-0.05, 0) is 11.6 Å². The lowest BCUT2D eigenvalue weighted by atomic mass is 10.0. The Balaban J connectivity index is 2.17. The number of rotatable bonds is 1. The summed E-state index contributed by atoms with van der Waals surface area (Å²) in [5.41, 5.74) is 1.65. The molecule has 5 heteroatoms. The van der Waals surface area contributed by atoms with E-state index in [4.69, 9.17) is 16.3 Å². The standard InChI is InChI=1S/C12H13ClN2O2/c1-17-11-8(13)3-2-7-9-6-14-4-5-15(9)12(16)10(7)11/h2-3,9,14H,4-6H2,1H3/t9-/m1/s1. The number of carbonyl (C=O) groups excluding carboxylic acids is 1. The average Bonchev–Trinajstić information content (AvgIpc) is 2.64. The lowest BCUT2D eigenvalue weighted by Crippen LogP contribution is -2.44. The van der Waals surface area contributed by atoms with Gasteiger partial charge in [0, 0.05) is 19.6 Å². The molecule has 90 valence electrons. The summed E-state index contributed by atoms with van der Waals surface area (Å²) < 4.78 is 5.26. The van der Waals surface area contributed by atoms with Gasteiger partial charge < -0.3 is 15.0 Å². The van der Waals surface area contributed by atoms with Crippen LogP contribution in [0.25, 0.3) is 0 Å². The fraction of sp³-hybridized carbons (Fsp3) is 0.417. The lowest BCUT2D eigenvalue weighted by molar-refractivity contribution is 0.0689. The van der Waals surface area contributed by atoms with Gasteiger partial charge in [-0.2, -0.15) is 0 Å². The van der Waals surface area contributed by atoms with Gasteiger partial charge in [0.2, 0.25) is 0 Å². The molecule has 0 saturated carbocycles. The van der Waals surface area contributed by atoms with Gasteiger partial charge in [0.15, 0.2) is 5.75 Å². The van der Waals surface area contributed by atoms with Crippen LogP contribution in [0.4, 0.5) is 0 Å². The van der Waals surface area contributed by atoms with Crippen molar-refractivity contribution in [2.45, 2.75) is 6.04 Å². The highest BCUT2D eigenvalue weighted by molar-refractivity contribution is 6.32. The number of piperazine rings is 1. The highest BCUT2D eigenvalue weighted by Gasteiger charge is 2.40. The van der Waals surface area contributed by atoms with Crippen molar-refractivity contribution in [1.29, 1.82) is 0 Å². The summed E-state index contributed by atoms with van der Waals surface area (Å²) in [6.45, 7) is 2.37. The number of nitrogens with zero attached hydrogens (tertiary/aromatic N) is 1. The number of hydrogen-bond donors (Lipinski definition) is 1. The van der Waals surface area contributed by atoms with E-state index in [0.717, 1.165) is 25.2 Å². The summed E-state index contributed by atoms with van der Waals surface area (Å²) in [4.78, 5) is 14.2. The largest absolute Gasteiger partial charge is 0.494 e. The van der Waals surface area contributed by atoms with Crippen LogP contribution < -0.4 is 10.1 Å². The normalized spacial score (nSPS) is 22.4. The molecule has 0 radical (unpaired) electrons. The number of amides is 1. The third-order valence-electron chi connectivity index (χ3n) is 3.42. The fourth-order valence-corrected chi connectivity index (χ4v) is 2.87. The molecule has 1 fully saturated rings. The van der Waals surface area contributed by atoms with Gasteiger partial charge >= 0.3 is 0 Å². The molecule has 2 heterocycles. The van der Waals surface area contributed by atoms with Gasteiger partial charge in [-0.15, -0.1) is 0 Å². The summed E-state index contributed by atoms with van der Waals surface area (Å²) in [5, 5.41) is 3.79. The second-order valence-electron chi connectivity index (χ2n) is 4.26. The van der Waals surface area contributed by atoms with Crippen molar-refractivity contribution < 1.29 is 9.53 Å². The Bertz CT molecular complexity index is 490. The van der Waals surface area contributed by atoms with E-state index in [1.165, 1.54) is 0 Å². The average molecular weight is 253 g/mol. The maximum absolute atomic E-state index is 12.3. The van der Waals surface area contributed by atoms with Crippen molar-refractivity contribution >= 4 is 17.5 Å². The third-order valence-corrected chi connectivity index (χ3v) is 3.72.